The summed E-state index contributed by atoms with van der Waals surface area (Å²) in [5, 5.41) is 16.8. The first kappa shape index (κ1) is 30.3. The van der Waals surface area contributed by atoms with E-state index in [2.05, 4.69) is 16.0 Å². The van der Waals surface area contributed by atoms with Crippen molar-refractivity contribution < 1.29 is 29.1 Å². The third kappa shape index (κ3) is 11.7. The molecule has 0 fully saturated rings. The molecule has 0 heterocycles. The van der Waals surface area contributed by atoms with Crippen molar-refractivity contribution in [2.24, 2.45) is 29.2 Å². The number of rotatable bonds is 15. The maximum atomic E-state index is 12.9. The smallest absolute Gasteiger partial charge is 0.326 e. The number of primary amides is 1. The van der Waals surface area contributed by atoms with Gasteiger partial charge in [0.15, 0.2) is 0 Å². The minimum absolute atomic E-state index is 0.0163. The number of aliphatic carboxylic acids is 1. The summed E-state index contributed by atoms with van der Waals surface area (Å²) in [7, 11) is 0. The predicted molar refractivity (Wildman–Crippen MR) is 124 cm³/mol. The van der Waals surface area contributed by atoms with Crippen LogP contribution in [0.4, 0.5) is 0 Å². The summed E-state index contributed by atoms with van der Waals surface area (Å²) in [5.74, 6) is -4.20. The third-order valence-electron chi connectivity index (χ3n) is 5.26. The van der Waals surface area contributed by atoms with Crippen LogP contribution in [0.2, 0.25) is 0 Å². The SMILES string of the molecule is CCC(C)C(N)C(=O)NC(CC(N)=O)C(=O)NC(CC(C)C)C(=O)NC(CC(C)C)C(=O)O. The molecule has 0 aromatic heterocycles. The van der Waals surface area contributed by atoms with Crippen LogP contribution in [0.5, 0.6) is 0 Å². The molecule has 11 nitrogen and oxygen atoms in total. The molecule has 0 rings (SSSR count). The number of nitrogens with two attached hydrogens (primary N) is 2. The summed E-state index contributed by atoms with van der Waals surface area (Å²) in [6.45, 7) is 11.0. The van der Waals surface area contributed by atoms with Gasteiger partial charge in [-0.2, -0.15) is 0 Å². The van der Waals surface area contributed by atoms with E-state index in [1.165, 1.54) is 0 Å². The average Bonchev–Trinajstić information content (AvgIpc) is 2.69. The molecule has 8 N–H and O–H groups in total. The van der Waals surface area contributed by atoms with Gasteiger partial charge in [-0.25, -0.2) is 4.79 Å². The monoisotopic (exact) mass is 471 g/mol. The molecule has 0 aliphatic carbocycles. The summed E-state index contributed by atoms with van der Waals surface area (Å²) in [6, 6.07) is -4.39. The number of amides is 4. The van der Waals surface area contributed by atoms with Crippen molar-refractivity contribution in [2.45, 2.75) is 91.4 Å². The summed E-state index contributed by atoms with van der Waals surface area (Å²) < 4.78 is 0. The zero-order valence-corrected chi connectivity index (χ0v) is 20.5. The van der Waals surface area contributed by atoms with Crippen molar-refractivity contribution in [2.75, 3.05) is 0 Å². The lowest BCUT2D eigenvalue weighted by molar-refractivity contribution is -0.143. The fourth-order valence-corrected chi connectivity index (χ4v) is 3.13. The maximum Gasteiger partial charge on any atom is 0.326 e. The molecular formula is C22H41N5O6. The highest BCUT2D eigenvalue weighted by molar-refractivity contribution is 5.96. The first-order chi connectivity index (χ1) is 15.2. The van der Waals surface area contributed by atoms with Crippen molar-refractivity contribution in [1.29, 1.82) is 0 Å². The molecule has 0 aromatic rings. The Morgan fingerprint density at radius 1 is 0.758 bits per heavy atom. The van der Waals surface area contributed by atoms with Gasteiger partial charge in [-0.3, -0.25) is 19.2 Å². The molecule has 0 aromatic carbocycles. The fraction of sp³-hybridized carbons (Fsp3) is 0.773. The van der Waals surface area contributed by atoms with Crippen LogP contribution in [0.15, 0.2) is 0 Å². The van der Waals surface area contributed by atoms with Crippen LogP contribution in [0.3, 0.4) is 0 Å². The van der Waals surface area contributed by atoms with E-state index in [0.29, 0.717) is 6.42 Å². The minimum atomic E-state index is -1.32. The molecule has 33 heavy (non-hydrogen) atoms. The first-order valence-corrected chi connectivity index (χ1v) is 11.4. The van der Waals surface area contributed by atoms with Gasteiger partial charge in [0.2, 0.25) is 23.6 Å². The normalized spacial score (nSPS) is 15.8. The Labute approximate surface area is 195 Å². The van der Waals surface area contributed by atoms with Crippen LogP contribution in [-0.2, 0) is 24.0 Å². The van der Waals surface area contributed by atoms with Crippen LogP contribution in [-0.4, -0.2) is 58.9 Å². The molecule has 0 aliphatic heterocycles. The summed E-state index contributed by atoms with van der Waals surface area (Å²) in [4.78, 5) is 61.2. The Morgan fingerprint density at radius 2 is 1.18 bits per heavy atom. The number of carbonyl (C=O) groups is 5. The van der Waals surface area contributed by atoms with Gasteiger partial charge in [0, 0.05) is 0 Å². The zero-order chi connectivity index (χ0) is 25.9. The second kappa shape index (κ2) is 14.5. The highest BCUT2D eigenvalue weighted by Gasteiger charge is 2.32. The van der Waals surface area contributed by atoms with Crippen molar-refractivity contribution in [3.63, 3.8) is 0 Å². The molecule has 4 amide bonds. The molecule has 190 valence electrons. The molecule has 0 aliphatic rings. The topological polar surface area (TPSA) is 194 Å². The van der Waals surface area contributed by atoms with E-state index in [9.17, 15) is 29.1 Å². The average molecular weight is 472 g/mol. The largest absolute Gasteiger partial charge is 0.480 e. The Bertz CT molecular complexity index is 697. The Balaban J connectivity index is 5.56. The zero-order valence-electron chi connectivity index (χ0n) is 20.5. The van der Waals surface area contributed by atoms with Crippen molar-refractivity contribution in [3.05, 3.63) is 0 Å². The van der Waals surface area contributed by atoms with Crippen LogP contribution < -0.4 is 27.4 Å². The first-order valence-electron chi connectivity index (χ1n) is 11.4. The highest BCUT2D eigenvalue weighted by atomic mass is 16.4. The van der Waals surface area contributed by atoms with Gasteiger partial charge in [0.1, 0.15) is 18.1 Å². The van der Waals surface area contributed by atoms with Gasteiger partial charge in [0.25, 0.3) is 0 Å². The molecule has 0 saturated carbocycles. The molecule has 0 spiro atoms. The van der Waals surface area contributed by atoms with Crippen molar-refractivity contribution in [1.82, 2.24) is 16.0 Å². The standard InChI is InChI=1S/C22H41N5O6/c1-7-13(6)18(24)21(31)26-15(10-17(23)28)20(30)25-14(8-11(2)3)19(29)27-16(22(32)33)9-12(4)5/h11-16,18H,7-10,24H2,1-6H3,(H2,23,28)(H,25,30)(H,26,31)(H,27,29)(H,32,33). The number of carboxylic acid groups (broad SMARTS) is 1. The van der Waals surface area contributed by atoms with E-state index in [1.807, 2.05) is 34.6 Å². The Kier molecular flexibility index (Phi) is 13.3. The van der Waals surface area contributed by atoms with Gasteiger partial charge >= 0.3 is 5.97 Å². The van der Waals surface area contributed by atoms with Gasteiger partial charge in [-0.05, 0) is 30.6 Å². The molecule has 5 atom stereocenters. The predicted octanol–water partition coefficient (Wildman–Crippen LogP) is -0.134. The van der Waals surface area contributed by atoms with E-state index in [4.69, 9.17) is 11.5 Å². The summed E-state index contributed by atoms with van der Waals surface area (Å²) >= 11 is 0. The van der Waals surface area contributed by atoms with Crippen molar-refractivity contribution >= 4 is 29.6 Å². The third-order valence-corrected chi connectivity index (χ3v) is 5.26. The second-order valence-electron chi connectivity index (χ2n) is 9.36. The van der Waals surface area contributed by atoms with Gasteiger partial charge in [0.05, 0.1) is 12.5 Å². The highest BCUT2D eigenvalue weighted by Crippen LogP contribution is 2.10. The van der Waals surface area contributed by atoms with Gasteiger partial charge < -0.3 is 32.5 Å². The molecule has 0 bridgehead atoms. The van der Waals surface area contributed by atoms with Crippen molar-refractivity contribution in [3.8, 4) is 0 Å². The van der Waals surface area contributed by atoms with Crippen LogP contribution in [0, 0.1) is 17.8 Å². The fourth-order valence-electron chi connectivity index (χ4n) is 3.13. The van der Waals surface area contributed by atoms with E-state index in [1.54, 1.807) is 6.92 Å². The van der Waals surface area contributed by atoms with E-state index in [0.717, 1.165) is 0 Å². The van der Waals surface area contributed by atoms with E-state index < -0.39 is 60.2 Å². The second-order valence-corrected chi connectivity index (χ2v) is 9.36. The number of hydrogen-bond donors (Lipinski definition) is 6. The Hall–Kier alpha value is -2.69. The maximum absolute atomic E-state index is 12.9. The molecule has 0 saturated heterocycles. The molecule has 0 radical (unpaired) electrons. The minimum Gasteiger partial charge on any atom is -0.480 e. The van der Waals surface area contributed by atoms with Gasteiger partial charge in [-0.1, -0.05) is 48.0 Å². The van der Waals surface area contributed by atoms with Crippen LogP contribution in [0.25, 0.3) is 0 Å². The number of hydrogen-bond acceptors (Lipinski definition) is 6. The van der Waals surface area contributed by atoms with E-state index in [-0.39, 0.29) is 30.6 Å². The number of carbonyl (C=O) groups excluding carboxylic acids is 4. The molecular weight excluding hydrogens is 430 g/mol. The quantitative estimate of drug-likeness (QED) is 0.191. The molecule has 5 unspecified atom stereocenters. The lowest BCUT2D eigenvalue weighted by Crippen LogP contribution is -2.58. The van der Waals surface area contributed by atoms with Crippen LogP contribution in [0.1, 0.15) is 67.2 Å². The summed E-state index contributed by atoms with van der Waals surface area (Å²) in [5.41, 5.74) is 11.1. The lowest BCUT2D eigenvalue weighted by Gasteiger charge is -2.26. The summed E-state index contributed by atoms with van der Waals surface area (Å²) in [6.07, 6.45) is 0.595. The van der Waals surface area contributed by atoms with Crippen LogP contribution >= 0.6 is 0 Å². The number of carboxylic acids is 1. The number of nitrogens with one attached hydrogen (secondary N) is 3. The van der Waals surface area contributed by atoms with E-state index >= 15 is 0 Å². The lowest BCUT2D eigenvalue weighted by atomic mass is 9.98. The Morgan fingerprint density at radius 3 is 1.61 bits per heavy atom. The van der Waals surface area contributed by atoms with Gasteiger partial charge in [-0.15, -0.1) is 0 Å². The molecule has 11 heteroatoms.